The molecule has 0 bridgehead atoms. The van der Waals surface area contributed by atoms with Gasteiger partial charge in [-0.05, 0) is 65.1 Å². The first-order valence-corrected chi connectivity index (χ1v) is 6.65. The van der Waals surface area contributed by atoms with E-state index in [0.717, 1.165) is 0 Å². The minimum Gasteiger partial charge on any atom is -0.478 e. The van der Waals surface area contributed by atoms with Gasteiger partial charge in [0.1, 0.15) is 5.82 Å². The molecule has 2 N–H and O–H groups in total. The van der Waals surface area contributed by atoms with Crippen molar-refractivity contribution in [3.63, 3.8) is 0 Å². The van der Waals surface area contributed by atoms with Crippen LogP contribution in [0, 0.1) is 9.39 Å². The van der Waals surface area contributed by atoms with Gasteiger partial charge >= 0.3 is 5.97 Å². The molecule has 102 valence electrons. The number of rotatable bonds is 3. The smallest absolute Gasteiger partial charge is 0.336 e. The lowest BCUT2D eigenvalue weighted by atomic mass is 10.1. The van der Waals surface area contributed by atoms with Gasteiger partial charge in [0, 0.05) is 14.8 Å². The monoisotopic (exact) mass is 385 g/mol. The molecular weight excluding hydrogens is 376 g/mol. The molecule has 0 saturated heterocycles. The Morgan fingerprint density at radius 3 is 2.35 bits per heavy atom. The molecule has 0 saturated carbocycles. The quantitative estimate of drug-likeness (QED) is 0.797. The van der Waals surface area contributed by atoms with Crippen molar-refractivity contribution in [2.45, 2.75) is 0 Å². The van der Waals surface area contributed by atoms with Gasteiger partial charge in [0.25, 0.3) is 5.91 Å². The number of carboxylic acids is 1. The molecule has 0 aromatic heterocycles. The highest BCUT2D eigenvalue weighted by molar-refractivity contribution is 14.1. The van der Waals surface area contributed by atoms with Crippen molar-refractivity contribution in [1.29, 1.82) is 0 Å². The maximum Gasteiger partial charge on any atom is 0.336 e. The Labute approximate surface area is 127 Å². The predicted octanol–water partition coefficient (Wildman–Crippen LogP) is 3.38. The summed E-state index contributed by atoms with van der Waals surface area (Å²) in [4.78, 5) is 22.9. The number of carboxylic acid groups (broad SMARTS) is 1. The fourth-order valence-corrected chi connectivity index (χ4v) is 2.14. The molecule has 0 aliphatic heterocycles. The highest BCUT2D eigenvalue weighted by Crippen LogP contribution is 2.18. The predicted molar refractivity (Wildman–Crippen MR) is 80.5 cm³/mol. The number of benzene rings is 2. The maximum atomic E-state index is 12.8. The summed E-state index contributed by atoms with van der Waals surface area (Å²) < 4.78 is 13.3. The lowest BCUT2D eigenvalue weighted by Crippen LogP contribution is -2.12. The van der Waals surface area contributed by atoms with Crippen LogP contribution in [0.2, 0.25) is 0 Å². The van der Waals surface area contributed by atoms with Crippen molar-refractivity contribution in [3.05, 3.63) is 63.0 Å². The first-order chi connectivity index (χ1) is 9.47. The number of halogens is 2. The largest absolute Gasteiger partial charge is 0.478 e. The number of carbonyl (C=O) groups excluding carboxylic acids is 1. The van der Waals surface area contributed by atoms with E-state index in [0.29, 0.717) is 14.8 Å². The minimum atomic E-state index is -1.06. The van der Waals surface area contributed by atoms with Crippen molar-refractivity contribution in [3.8, 4) is 0 Å². The minimum absolute atomic E-state index is 0.113. The lowest BCUT2D eigenvalue weighted by Gasteiger charge is -2.07. The Kier molecular flexibility index (Phi) is 4.33. The van der Waals surface area contributed by atoms with Gasteiger partial charge in [-0.1, -0.05) is 0 Å². The number of aromatic carboxylic acids is 1. The molecule has 20 heavy (non-hydrogen) atoms. The number of amides is 1. The molecule has 0 aliphatic rings. The van der Waals surface area contributed by atoms with Gasteiger partial charge in [-0.25, -0.2) is 9.18 Å². The van der Waals surface area contributed by atoms with Crippen molar-refractivity contribution in [1.82, 2.24) is 0 Å². The first-order valence-electron chi connectivity index (χ1n) is 5.57. The van der Waals surface area contributed by atoms with Crippen LogP contribution in [0.5, 0.6) is 0 Å². The van der Waals surface area contributed by atoms with E-state index in [-0.39, 0.29) is 5.56 Å². The summed E-state index contributed by atoms with van der Waals surface area (Å²) in [7, 11) is 0. The standard InChI is InChI=1S/C14H9FINO3/c15-9-3-1-8(2-4-9)13(18)17-10-5-6-12(16)11(7-10)14(19)20/h1-7H,(H,17,18)(H,19,20). The molecule has 6 heteroatoms. The number of carbonyl (C=O) groups is 2. The third-order valence-corrected chi connectivity index (χ3v) is 3.50. The van der Waals surface area contributed by atoms with Crippen LogP contribution in [-0.2, 0) is 0 Å². The molecule has 2 aromatic carbocycles. The summed E-state index contributed by atoms with van der Waals surface area (Å²) in [5, 5.41) is 11.6. The van der Waals surface area contributed by atoms with E-state index in [1.807, 2.05) is 22.6 Å². The van der Waals surface area contributed by atoms with Gasteiger partial charge in [0.15, 0.2) is 0 Å². The number of nitrogens with one attached hydrogen (secondary N) is 1. The van der Waals surface area contributed by atoms with Crippen LogP contribution >= 0.6 is 22.6 Å². The Balaban J connectivity index is 2.21. The molecule has 2 aromatic rings. The van der Waals surface area contributed by atoms with Crippen LogP contribution in [0.1, 0.15) is 20.7 Å². The molecule has 0 fully saturated rings. The average Bonchev–Trinajstić information content (AvgIpc) is 2.41. The molecule has 0 aliphatic carbocycles. The zero-order chi connectivity index (χ0) is 14.7. The fraction of sp³-hybridized carbons (Fsp3) is 0. The third-order valence-electron chi connectivity index (χ3n) is 2.56. The summed E-state index contributed by atoms with van der Waals surface area (Å²) >= 11 is 1.91. The summed E-state index contributed by atoms with van der Waals surface area (Å²) in [6.45, 7) is 0. The van der Waals surface area contributed by atoms with E-state index in [1.54, 1.807) is 12.1 Å². The molecule has 4 nitrogen and oxygen atoms in total. The maximum absolute atomic E-state index is 12.8. The Morgan fingerprint density at radius 1 is 1.10 bits per heavy atom. The topological polar surface area (TPSA) is 66.4 Å². The van der Waals surface area contributed by atoms with Crippen LogP contribution in [-0.4, -0.2) is 17.0 Å². The van der Waals surface area contributed by atoms with E-state index in [4.69, 9.17) is 5.11 Å². The summed E-state index contributed by atoms with van der Waals surface area (Å²) in [6, 6.07) is 9.67. The van der Waals surface area contributed by atoms with E-state index in [2.05, 4.69) is 5.32 Å². The van der Waals surface area contributed by atoms with Crippen LogP contribution in [0.15, 0.2) is 42.5 Å². The van der Waals surface area contributed by atoms with Gasteiger partial charge in [0.2, 0.25) is 0 Å². The normalized spacial score (nSPS) is 10.1. The molecule has 0 spiro atoms. The van der Waals surface area contributed by atoms with Crippen LogP contribution in [0.25, 0.3) is 0 Å². The van der Waals surface area contributed by atoms with Gasteiger partial charge in [0.05, 0.1) is 5.56 Å². The first kappa shape index (κ1) is 14.4. The Morgan fingerprint density at radius 2 is 1.75 bits per heavy atom. The summed E-state index contributed by atoms with van der Waals surface area (Å²) in [5.74, 6) is -1.92. The van der Waals surface area contributed by atoms with E-state index >= 15 is 0 Å². The second-order valence-corrected chi connectivity index (χ2v) is 5.12. The highest BCUT2D eigenvalue weighted by Gasteiger charge is 2.11. The third kappa shape index (κ3) is 3.32. The van der Waals surface area contributed by atoms with Crippen molar-refractivity contribution < 1.29 is 19.1 Å². The van der Waals surface area contributed by atoms with Crippen LogP contribution in [0.4, 0.5) is 10.1 Å². The van der Waals surface area contributed by atoms with Crippen LogP contribution < -0.4 is 5.32 Å². The fourth-order valence-electron chi connectivity index (χ4n) is 1.57. The highest BCUT2D eigenvalue weighted by atomic mass is 127. The van der Waals surface area contributed by atoms with Gasteiger partial charge < -0.3 is 10.4 Å². The van der Waals surface area contributed by atoms with Crippen molar-refractivity contribution >= 4 is 40.2 Å². The number of anilines is 1. The zero-order valence-corrected chi connectivity index (χ0v) is 12.2. The number of hydrogen-bond acceptors (Lipinski definition) is 2. The SMILES string of the molecule is O=C(Nc1ccc(I)c(C(=O)O)c1)c1ccc(F)cc1. The van der Waals surface area contributed by atoms with Crippen molar-refractivity contribution in [2.75, 3.05) is 5.32 Å². The molecule has 0 atom stereocenters. The molecule has 1 amide bonds. The molecule has 0 heterocycles. The van der Waals surface area contributed by atoms with Gasteiger partial charge in [-0.2, -0.15) is 0 Å². The average molecular weight is 385 g/mol. The van der Waals surface area contributed by atoms with Crippen LogP contribution in [0.3, 0.4) is 0 Å². The Hall–Kier alpha value is -1.96. The summed E-state index contributed by atoms with van der Waals surface area (Å²) in [6.07, 6.45) is 0. The molecular formula is C14H9FINO3. The molecule has 0 unspecified atom stereocenters. The van der Waals surface area contributed by atoms with E-state index < -0.39 is 17.7 Å². The Bertz CT molecular complexity index is 671. The van der Waals surface area contributed by atoms with Crippen molar-refractivity contribution in [2.24, 2.45) is 0 Å². The molecule has 0 radical (unpaired) electrons. The summed E-state index contributed by atoms with van der Waals surface area (Å²) in [5.41, 5.74) is 0.779. The lowest BCUT2D eigenvalue weighted by molar-refractivity contribution is 0.0695. The van der Waals surface area contributed by atoms with Gasteiger partial charge in [-0.15, -0.1) is 0 Å². The van der Waals surface area contributed by atoms with Gasteiger partial charge in [-0.3, -0.25) is 4.79 Å². The van der Waals surface area contributed by atoms with E-state index in [9.17, 15) is 14.0 Å². The number of hydrogen-bond donors (Lipinski definition) is 2. The second kappa shape index (κ2) is 6.00. The van der Waals surface area contributed by atoms with E-state index in [1.165, 1.54) is 30.3 Å². The molecule has 2 rings (SSSR count). The second-order valence-electron chi connectivity index (χ2n) is 3.96. The zero-order valence-electron chi connectivity index (χ0n) is 10.1.